The van der Waals surface area contributed by atoms with Gasteiger partial charge < -0.3 is 15.3 Å². The summed E-state index contributed by atoms with van der Waals surface area (Å²) in [5, 5.41) is 13.5. The normalized spacial score (nSPS) is 18.1. The summed E-state index contributed by atoms with van der Waals surface area (Å²) in [6.07, 6.45) is 0.260. The van der Waals surface area contributed by atoms with Gasteiger partial charge in [0.1, 0.15) is 0 Å². The summed E-state index contributed by atoms with van der Waals surface area (Å²) in [7, 11) is -2.50. The first kappa shape index (κ1) is 26.8. The predicted molar refractivity (Wildman–Crippen MR) is 144 cm³/mol. The monoisotopic (exact) mass is 541 g/mol. The fourth-order valence-electron chi connectivity index (χ4n) is 4.42. The number of nitrogens with zero attached hydrogens (tertiary/aromatic N) is 2. The molecule has 1 fully saturated rings. The highest BCUT2D eigenvalue weighted by molar-refractivity contribution is 7.89. The first-order valence-electron chi connectivity index (χ1n) is 11.6. The Morgan fingerprint density at radius 1 is 1.03 bits per heavy atom. The van der Waals surface area contributed by atoms with Gasteiger partial charge in [0.15, 0.2) is 5.78 Å². The third-order valence-electron chi connectivity index (χ3n) is 6.38. The van der Waals surface area contributed by atoms with Gasteiger partial charge in [-0.2, -0.15) is 16.9 Å². The molecular weight excluding hydrogens is 514 g/mol. The molecule has 1 aliphatic heterocycles. The molecule has 194 valence electrons. The fraction of sp³-hybridized carbons (Fsp3) is 0.269. The van der Waals surface area contributed by atoms with Crippen LogP contribution in [0.25, 0.3) is 10.8 Å². The fourth-order valence-corrected chi connectivity index (χ4v) is 6.60. The molecule has 3 aromatic rings. The zero-order valence-corrected chi connectivity index (χ0v) is 21.8. The van der Waals surface area contributed by atoms with E-state index in [9.17, 15) is 27.9 Å². The van der Waals surface area contributed by atoms with Crippen LogP contribution in [0.2, 0.25) is 0 Å². The summed E-state index contributed by atoms with van der Waals surface area (Å²) in [6, 6.07) is 17.5. The zero-order chi connectivity index (χ0) is 26.7. The average Bonchev–Trinajstić information content (AvgIpc) is 3.30. The van der Waals surface area contributed by atoms with E-state index in [1.807, 2.05) is 24.3 Å². The van der Waals surface area contributed by atoms with Crippen molar-refractivity contribution in [1.29, 1.82) is 0 Å². The van der Waals surface area contributed by atoms with E-state index < -0.39 is 27.9 Å². The number of thiol groups is 1. The van der Waals surface area contributed by atoms with Crippen molar-refractivity contribution in [3.63, 3.8) is 0 Å². The number of benzene rings is 3. The average molecular weight is 542 g/mol. The van der Waals surface area contributed by atoms with Gasteiger partial charge in [-0.1, -0.05) is 42.5 Å². The van der Waals surface area contributed by atoms with Crippen LogP contribution in [-0.4, -0.2) is 73.5 Å². The van der Waals surface area contributed by atoms with Crippen LogP contribution in [0.3, 0.4) is 0 Å². The Morgan fingerprint density at radius 3 is 2.43 bits per heavy atom. The molecule has 2 N–H and O–H groups in total. The number of carbonyl (C=O) groups is 3. The number of nitrogens with one attached hydrogen (secondary N) is 1. The number of rotatable bonds is 9. The number of aromatic carboxylic acids is 1. The number of hydrogen-bond donors (Lipinski definition) is 3. The minimum Gasteiger partial charge on any atom is -0.478 e. The van der Waals surface area contributed by atoms with E-state index in [-0.39, 0.29) is 53.2 Å². The number of anilines is 1. The number of likely N-dealkylation sites (N-methyl/N-ethyl adjacent to an activating group) is 1. The number of amides is 1. The first-order valence-corrected chi connectivity index (χ1v) is 13.6. The maximum atomic E-state index is 13.5. The Morgan fingerprint density at radius 2 is 1.70 bits per heavy atom. The lowest BCUT2D eigenvalue weighted by atomic mass is 10.1. The molecule has 2 unspecified atom stereocenters. The number of hydrogen-bond acceptors (Lipinski definition) is 7. The number of carbonyl (C=O) groups excluding carboxylic acids is 2. The van der Waals surface area contributed by atoms with Crippen LogP contribution in [0.5, 0.6) is 0 Å². The molecule has 4 rings (SSSR count). The van der Waals surface area contributed by atoms with Crippen LogP contribution in [-0.2, 0) is 19.6 Å². The molecule has 0 radical (unpaired) electrons. The molecule has 1 amide bonds. The van der Waals surface area contributed by atoms with Gasteiger partial charge in [0.05, 0.1) is 35.3 Å². The van der Waals surface area contributed by atoms with Crippen LogP contribution < -0.4 is 10.2 Å². The highest BCUT2D eigenvalue weighted by atomic mass is 32.2. The van der Waals surface area contributed by atoms with E-state index in [4.69, 9.17) is 0 Å². The summed E-state index contributed by atoms with van der Waals surface area (Å²) in [5.74, 6) is -1.98. The van der Waals surface area contributed by atoms with Crippen LogP contribution >= 0.6 is 12.6 Å². The lowest BCUT2D eigenvalue weighted by Crippen LogP contribution is -2.45. The second-order valence-electron chi connectivity index (χ2n) is 8.83. The van der Waals surface area contributed by atoms with Crippen molar-refractivity contribution in [2.24, 2.45) is 0 Å². The lowest BCUT2D eigenvalue weighted by Gasteiger charge is -2.24. The maximum Gasteiger partial charge on any atom is 0.337 e. The summed E-state index contributed by atoms with van der Waals surface area (Å²) < 4.78 is 28.1. The summed E-state index contributed by atoms with van der Waals surface area (Å²) in [4.78, 5) is 38.4. The SMILES string of the molecule is CN(C(=O)CNCC(=O)C1CC(S)CN1S(=O)(=O)c1ccc2ccccc2c1)c1ccccc1C(=O)O. The highest BCUT2D eigenvalue weighted by Gasteiger charge is 2.42. The largest absolute Gasteiger partial charge is 0.478 e. The summed E-state index contributed by atoms with van der Waals surface area (Å²) in [6.45, 7) is -0.359. The number of fused-ring (bicyclic) bond motifs is 1. The van der Waals surface area contributed by atoms with Crippen molar-refractivity contribution in [2.45, 2.75) is 22.6 Å². The molecule has 0 saturated carbocycles. The molecule has 1 heterocycles. The van der Waals surface area contributed by atoms with Gasteiger partial charge in [-0.3, -0.25) is 9.59 Å². The summed E-state index contributed by atoms with van der Waals surface area (Å²) >= 11 is 4.44. The van der Waals surface area contributed by atoms with E-state index in [1.54, 1.807) is 24.3 Å². The van der Waals surface area contributed by atoms with E-state index in [0.717, 1.165) is 10.8 Å². The van der Waals surface area contributed by atoms with Gasteiger partial charge in [0.25, 0.3) is 0 Å². The number of sulfonamides is 1. The number of ketones is 1. The van der Waals surface area contributed by atoms with E-state index in [1.165, 1.54) is 34.5 Å². The maximum absolute atomic E-state index is 13.5. The molecule has 3 aromatic carbocycles. The van der Waals surface area contributed by atoms with Crippen LogP contribution in [0.15, 0.2) is 71.6 Å². The lowest BCUT2D eigenvalue weighted by molar-refractivity contribution is -0.121. The predicted octanol–water partition coefficient (Wildman–Crippen LogP) is 2.42. The molecule has 0 bridgehead atoms. The third kappa shape index (κ3) is 5.69. The Balaban J connectivity index is 1.43. The molecule has 37 heavy (non-hydrogen) atoms. The van der Waals surface area contributed by atoms with Crippen LogP contribution in [0, 0.1) is 0 Å². The Labute approximate surface area is 220 Å². The standard InChI is InChI=1S/C26H27N3O6S2/c1-28(22-9-5-4-8-21(22)26(32)33)25(31)15-27-14-24(30)23-13-19(36)16-29(23)37(34,35)20-11-10-17-6-2-3-7-18(17)12-20/h2-12,19,23,27,36H,13-16H2,1H3,(H,32,33). The molecule has 0 spiro atoms. The van der Waals surface area contributed by atoms with E-state index >= 15 is 0 Å². The van der Waals surface area contributed by atoms with E-state index in [0.29, 0.717) is 0 Å². The molecule has 9 nitrogen and oxygen atoms in total. The number of para-hydroxylation sites is 1. The van der Waals surface area contributed by atoms with Crippen molar-refractivity contribution in [1.82, 2.24) is 9.62 Å². The van der Waals surface area contributed by atoms with Gasteiger partial charge in [-0.25, -0.2) is 13.2 Å². The van der Waals surface area contributed by atoms with E-state index in [2.05, 4.69) is 17.9 Å². The van der Waals surface area contributed by atoms with Crippen LogP contribution in [0.1, 0.15) is 16.8 Å². The van der Waals surface area contributed by atoms with Gasteiger partial charge in [0, 0.05) is 18.8 Å². The van der Waals surface area contributed by atoms with Gasteiger partial charge in [-0.15, -0.1) is 0 Å². The van der Waals surface area contributed by atoms with Crippen molar-refractivity contribution in [3.8, 4) is 0 Å². The number of carboxylic acids is 1. The quantitative estimate of drug-likeness (QED) is 0.356. The molecule has 0 aromatic heterocycles. The minimum absolute atomic E-state index is 0.0188. The molecule has 2 atom stereocenters. The van der Waals surface area contributed by atoms with Crippen LogP contribution in [0.4, 0.5) is 5.69 Å². The van der Waals surface area contributed by atoms with Gasteiger partial charge in [0.2, 0.25) is 15.9 Å². The Hall–Kier alpha value is -3.25. The number of carboxylic acid groups (broad SMARTS) is 1. The molecule has 11 heteroatoms. The Bertz CT molecular complexity index is 1460. The number of Topliss-reactive ketones (excluding diaryl/α,β-unsaturated/α-hetero) is 1. The molecule has 1 aliphatic rings. The molecule has 0 aliphatic carbocycles. The highest BCUT2D eigenvalue weighted by Crippen LogP contribution is 2.30. The topological polar surface area (TPSA) is 124 Å². The minimum atomic E-state index is -3.96. The van der Waals surface area contributed by atoms with Crippen molar-refractivity contribution in [3.05, 3.63) is 72.3 Å². The summed E-state index contributed by atoms with van der Waals surface area (Å²) in [5.41, 5.74) is 0.212. The van der Waals surface area contributed by atoms with Crippen molar-refractivity contribution < 1.29 is 27.9 Å². The first-order chi connectivity index (χ1) is 17.6. The zero-order valence-electron chi connectivity index (χ0n) is 20.1. The van der Waals surface area contributed by atoms with Gasteiger partial charge >= 0.3 is 5.97 Å². The second kappa shape index (κ2) is 11.0. The second-order valence-corrected chi connectivity index (χ2v) is 11.5. The van der Waals surface area contributed by atoms with Crippen molar-refractivity contribution in [2.75, 3.05) is 31.6 Å². The smallest absolute Gasteiger partial charge is 0.337 e. The van der Waals surface area contributed by atoms with Gasteiger partial charge in [-0.05, 0) is 41.5 Å². The molecular formula is C26H27N3O6S2. The van der Waals surface area contributed by atoms with Crippen molar-refractivity contribution >= 4 is 56.8 Å². The third-order valence-corrected chi connectivity index (χ3v) is 8.62. The Kier molecular flexibility index (Phi) is 7.98. The molecule has 1 saturated heterocycles.